The van der Waals surface area contributed by atoms with Crippen LogP contribution in [0.15, 0.2) is 28.8 Å². The minimum Gasteiger partial charge on any atom is -0.456 e. The average molecular weight is 418 g/mol. The van der Waals surface area contributed by atoms with Crippen LogP contribution in [0, 0.1) is 11.8 Å². The Bertz CT molecular complexity index is 920. The van der Waals surface area contributed by atoms with Gasteiger partial charge in [0.05, 0.1) is 18.3 Å². The summed E-state index contributed by atoms with van der Waals surface area (Å²) in [5.74, 6) is -0.789. The van der Waals surface area contributed by atoms with E-state index in [0.29, 0.717) is 16.4 Å². The van der Waals surface area contributed by atoms with Gasteiger partial charge in [-0.2, -0.15) is 4.98 Å². The van der Waals surface area contributed by atoms with Crippen molar-refractivity contribution in [2.75, 3.05) is 6.54 Å². The van der Waals surface area contributed by atoms with Gasteiger partial charge in [0.25, 0.3) is 5.89 Å². The number of benzene rings is 1. The molecule has 1 aromatic heterocycles. The number of hydrogen-bond acceptors (Lipinski definition) is 7. The van der Waals surface area contributed by atoms with Crippen LogP contribution in [0.25, 0.3) is 11.4 Å². The number of carbonyl (C=O) groups excluding carboxylic acids is 3. The Morgan fingerprint density at radius 3 is 2.62 bits per heavy atom. The standard InChI is InChI=1S/C20H20ClN3O5/c21-13-5-3-4-12(10-13)18-22-16(29-23-18)11-28-17(25)8-9-24-19(26)14-6-1-2-7-15(14)20(24)27/h3-5,10,14-15H,1-2,6-9,11H2/t14-,15-/m1/s1. The van der Waals surface area contributed by atoms with E-state index < -0.39 is 5.97 Å². The molecule has 2 atom stereocenters. The third-order valence-electron chi connectivity index (χ3n) is 5.38. The van der Waals surface area contributed by atoms with E-state index in [0.717, 1.165) is 25.7 Å². The van der Waals surface area contributed by atoms with Gasteiger partial charge in [-0.3, -0.25) is 19.3 Å². The van der Waals surface area contributed by atoms with E-state index in [1.165, 1.54) is 4.90 Å². The molecule has 0 N–H and O–H groups in total. The minimum atomic E-state index is -0.539. The number of imide groups is 1. The van der Waals surface area contributed by atoms with Gasteiger partial charge < -0.3 is 9.26 Å². The molecule has 9 heteroatoms. The van der Waals surface area contributed by atoms with Crippen LogP contribution in [0.4, 0.5) is 0 Å². The number of ether oxygens (including phenoxy) is 1. The Balaban J connectivity index is 1.28. The molecule has 0 unspecified atom stereocenters. The highest BCUT2D eigenvalue weighted by Gasteiger charge is 2.47. The first kappa shape index (κ1) is 19.6. The highest BCUT2D eigenvalue weighted by Crippen LogP contribution is 2.38. The van der Waals surface area contributed by atoms with E-state index in [1.807, 2.05) is 0 Å². The van der Waals surface area contributed by atoms with Crippen LogP contribution in [-0.4, -0.2) is 39.4 Å². The SMILES string of the molecule is O=C(CCN1C(=O)[C@@H]2CCCC[C@H]2C1=O)OCc1nc(-c2cccc(Cl)c2)no1. The number of esters is 1. The van der Waals surface area contributed by atoms with Gasteiger partial charge in [0.2, 0.25) is 17.6 Å². The number of fused-ring (bicyclic) bond motifs is 1. The highest BCUT2D eigenvalue weighted by atomic mass is 35.5. The van der Waals surface area contributed by atoms with Crippen molar-refractivity contribution >= 4 is 29.4 Å². The zero-order valence-electron chi connectivity index (χ0n) is 15.7. The van der Waals surface area contributed by atoms with Crippen molar-refractivity contribution in [3.8, 4) is 11.4 Å². The van der Waals surface area contributed by atoms with Crippen molar-refractivity contribution in [1.29, 1.82) is 0 Å². The second-order valence-corrected chi connectivity index (χ2v) is 7.69. The summed E-state index contributed by atoms with van der Waals surface area (Å²) >= 11 is 5.95. The fourth-order valence-electron chi connectivity index (χ4n) is 3.93. The first-order chi connectivity index (χ1) is 14.0. The summed E-state index contributed by atoms with van der Waals surface area (Å²) in [5.41, 5.74) is 0.686. The molecule has 1 saturated heterocycles. The maximum Gasteiger partial charge on any atom is 0.308 e. The highest BCUT2D eigenvalue weighted by molar-refractivity contribution is 6.30. The topological polar surface area (TPSA) is 103 Å². The molecule has 1 aliphatic heterocycles. The van der Waals surface area contributed by atoms with Crippen molar-refractivity contribution < 1.29 is 23.6 Å². The van der Waals surface area contributed by atoms with Crippen LogP contribution < -0.4 is 0 Å². The molecule has 152 valence electrons. The lowest BCUT2D eigenvalue weighted by Crippen LogP contribution is -2.33. The van der Waals surface area contributed by atoms with E-state index >= 15 is 0 Å². The molecular weight excluding hydrogens is 398 g/mol. The second-order valence-electron chi connectivity index (χ2n) is 7.26. The predicted molar refractivity (Wildman–Crippen MR) is 101 cm³/mol. The van der Waals surface area contributed by atoms with E-state index in [2.05, 4.69) is 10.1 Å². The molecule has 2 aromatic rings. The number of aromatic nitrogens is 2. The fraction of sp³-hybridized carbons (Fsp3) is 0.450. The molecule has 8 nitrogen and oxygen atoms in total. The van der Waals surface area contributed by atoms with Crippen molar-refractivity contribution in [3.05, 3.63) is 35.2 Å². The Labute approximate surface area is 172 Å². The lowest BCUT2D eigenvalue weighted by atomic mass is 9.81. The molecule has 2 fully saturated rings. The molecule has 0 spiro atoms. The summed E-state index contributed by atoms with van der Waals surface area (Å²) < 4.78 is 10.2. The van der Waals surface area contributed by atoms with Gasteiger partial charge in [-0.05, 0) is 25.0 Å². The molecule has 1 saturated carbocycles. The van der Waals surface area contributed by atoms with Crippen molar-refractivity contribution in [2.24, 2.45) is 11.8 Å². The van der Waals surface area contributed by atoms with Crippen molar-refractivity contribution in [2.45, 2.75) is 38.7 Å². The molecule has 4 rings (SSSR count). The molecule has 1 aromatic carbocycles. The molecular formula is C20H20ClN3O5. The van der Waals surface area contributed by atoms with Crippen molar-refractivity contribution in [3.63, 3.8) is 0 Å². The lowest BCUT2D eigenvalue weighted by Gasteiger charge is -2.19. The van der Waals surface area contributed by atoms with Gasteiger partial charge in [0.1, 0.15) is 0 Å². The van der Waals surface area contributed by atoms with Crippen LogP contribution in [0.1, 0.15) is 38.0 Å². The van der Waals surface area contributed by atoms with Gasteiger partial charge in [-0.15, -0.1) is 0 Å². The van der Waals surface area contributed by atoms with E-state index in [1.54, 1.807) is 24.3 Å². The Kier molecular flexibility index (Phi) is 5.62. The van der Waals surface area contributed by atoms with Crippen LogP contribution >= 0.6 is 11.6 Å². The number of hydrogen-bond donors (Lipinski definition) is 0. The summed E-state index contributed by atoms with van der Waals surface area (Å²) in [5, 5.41) is 4.39. The van der Waals surface area contributed by atoms with Crippen LogP contribution in [0.2, 0.25) is 5.02 Å². The summed E-state index contributed by atoms with van der Waals surface area (Å²) in [7, 11) is 0. The normalized spacial score (nSPS) is 21.3. The molecule has 1 aliphatic carbocycles. The molecule has 2 amide bonds. The minimum absolute atomic E-state index is 0.0428. The average Bonchev–Trinajstić information content (AvgIpc) is 3.29. The van der Waals surface area contributed by atoms with E-state index in [9.17, 15) is 14.4 Å². The van der Waals surface area contributed by atoms with Gasteiger partial charge >= 0.3 is 5.97 Å². The molecule has 2 heterocycles. The predicted octanol–water partition coefficient (Wildman–Crippen LogP) is 3.00. The number of carbonyl (C=O) groups is 3. The van der Waals surface area contributed by atoms with Crippen LogP contribution in [0.3, 0.4) is 0 Å². The van der Waals surface area contributed by atoms with Crippen LogP contribution in [0.5, 0.6) is 0 Å². The summed E-state index contributed by atoms with van der Waals surface area (Å²) in [6.45, 7) is -0.138. The zero-order valence-corrected chi connectivity index (χ0v) is 16.4. The first-order valence-corrected chi connectivity index (χ1v) is 10.00. The summed E-state index contributed by atoms with van der Waals surface area (Å²) in [4.78, 5) is 42.3. The maximum atomic E-state index is 12.4. The number of amides is 2. The lowest BCUT2D eigenvalue weighted by molar-refractivity contribution is -0.147. The quantitative estimate of drug-likeness (QED) is 0.525. The zero-order chi connectivity index (χ0) is 20.4. The Morgan fingerprint density at radius 2 is 1.93 bits per heavy atom. The first-order valence-electron chi connectivity index (χ1n) is 9.62. The van der Waals surface area contributed by atoms with Gasteiger partial charge in [-0.1, -0.05) is 41.7 Å². The third-order valence-corrected chi connectivity index (χ3v) is 5.61. The summed E-state index contributed by atoms with van der Waals surface area (Å²) in [6, 6.07) is 6.99. The number of nitrogens with zero attached hydrogens (tertiary/aromatic N) is 3. The van der Waals surface area contributed by atoms with E-state index in [-0.39, 0.29) is 49.1 Å². The van der Waals surface area contributed by atoms with Crippen LogP contribution in [-0.2, 0) is 25.7 Å². The monoisotopic (exact) mass is 417 g/mol. The fourth-order valence-corrected chi connectivity index (χ4v) is 4.12. The number of halogens is 1. The molecule has 0 radical (unpaired) electrons. The largest absolute Gasteiger partial charge is 0.456 e. The van der Waals surface area contributed by atoms with Crippen molar-refractivity contribution in [1.82, 2.24) is 15.0 Å². The van der Waals surface area contributed by atoms with Gasteiger partial charge in [0.15, 0.2) is 6.61 Å². The summed E-state index contributed by atoms with van der Waals surface area (Å²) in [6.07, 6.45) is 3.38. The smallest absolute Gasteiger partial charge is 0.308 e. The molecule has 2 aliphatic rings. The molecule has 29 heavy (non-hydrogen) atoms. The Morgan fingerprint density at radius 1 is 1.21 bits per heavy atom. The molecule has 0 bridgehead atoms. The number of rotatable bonds is 6. The maximum absolute atomic E-state index is 12.4. The van der Waals surface area contributed by atoms with E-state index in [4.69, 9.17) is 20.9 Å². The third kappa shape index (κ3) is 4.17. The van der Waals surface area contributed by atoms with Gasteiger partial charge in [-0.25, -0.2) is 0 Å². The van der Waals surface area contributed by atoms with Gasteiger partial charge in [0, 0.05) is 17.1 Å². The Hall–Kier alpha value is -2.74. The number of likely N-dealkylation sites (tertiary alicyclic amines) is 1. The second kappa shape index (κ2) is 8.32.